The number of terminal acetylenes is 1. The minimum absolute atomic E-state index is 0. The molecule has 0 aliphatic heterocycles. The molecule has 12 fully saturated rings. The Morgan fingerprint density at radius 2 is 0.851 bits per heavy atom. The fourth-order valence-electron chi connectivity index (χ4n) is 27.1. The van der Waals surface area contributed by atoms with Gasteiger partial charge in [-0.2, -0.15) is 4.80 Å². The van der Waals surface area contributed by atoms with Gasteiger partial charge in [-0.05, 0) is 401 Å². The molecule has 101 heavy (non-hydrogen) atoms. The van der Waals surface area contributed by atoms with E-state index in [9.17, 15) is 29.7 Å². The van der Waals surface area contributed by atoms with Gasteiger partial charge in [-0.3, -0.25) is 14.4 Å². The van der Waals surface area contributed by atoms with E-state index >= 15 is 0 Å². The summed E-state index contributed by atoms with van der Waals surface area (Å²) in [6, 6.07) is 0. The lowest BCUT2D eigenvalue weighted by molar-refractivity contribution is -0.158. The number of halogens is 1. The summed E-state index contributed by atoms with van der Waals surface area (Å²) in [5.41, 5.74) is 0.390. The summed E-state index contributed by atoms with van der Waals surface area (Å²) in [5.74, 6) is 33.8. The van der Waals surface area contributed by atoms with E-state index in [1.807, 2.05) is 13.8 Å². The van der Waals surface area contributed by atoms with Gasteiger partial charge in [-0.1, -0.05) is 78.2 Å². The number of aromatic nitrogens is 8. The lowest BCUT2D eigenvalue weighted by Crippen LogP contribution is -2.56. The highest BCUT2D eigenvalue weighted by molar-refractivity contribution is 9.09. The summed E-state index contributed by atoms with van der Waals surface area (Å²) in [6.07, 6.45) is 40.1. The number of carbonyl (C=O) groups is 3. The molecule has 3 N–H and O–H groups in total. The molecule has 12 aliphatic carbocycles. The molecule has 556 valence electrons. The highest BCUT2D eigenvalue weighted by Gasteiger charge is 2.66. The third-order valence-electron chi connectivity index (χ3n) is 31.7. The van der Waals surface area contributed by atoms with E-state index in [-0.39, 0.29) is 55.4 Å². The first-order chi connectivity index (χ1) is 47.1. The molecule has 2 aromatic rings. The second kappa shape index (κ2) is 31.8. The monoisotopic (exact) mass is 1450 g/mol. The summed E-state index contributed by atoms with van der Waals surface area (Å²) in [4.78, 5) is 40.7. The topological polar surface area (TPSA) is 199 Å². The molecule has 12 saturated carbocycles. The fraction of sp³-hybridized carbons (Fsp3) is 0.826. The molecule has 14 rings (SSSR count). The number of aryl methyl sites for hydroxylation is 2. The van der Waals surface area contributed by atoms with Gasteiger partial charge in [0, 0.05) is 17.8 Å². The fourth-order valence-corrected chi connectivity index (χ4v) is 27.5. The van der Waals surface area contributed by atoms with Crippen LogP contribution in [0.4, 0.5) is 0 Å². The molecular formula is C86H129BrN8O6. The molecule has 15 heteroatoms. The first-order valence-electron chi connectivity index (χ1n) is 39.2. The number of aliphatic hydroxyl groups is 3. The third kappa shape index (κ3) is 15.2. The molecule has 2 heterocycles. The van der Waals surface area contributed by atoms with E-state index in [0.29, 0.717) is 86.7 Å². The Hall–Kier alpha value is -4.69. The number of tetrazole rings is 2. The summed E-state index contributed by atoms with van der Waals surface area (Å²) in [7, 11) is 0. The Kier molecular flexibility index (Phi) is 25.3. The zero-order valence-electron chi connectivity index (χ0n) is 62.6. The number of rotatable bonds is 11. The molecule has 0 saturated heterocycles. The Morgan fingerprint density at radius 3 is 1.19 bits per heavy atom. The number of fused-ring (bicyclic) bond motifs is 15. The number of alkyl halides is 1. The predicted octanol–water partition coefficient (Wildman–Crippen LogP) is 16.4. The van der Waals surface area contributed by atoms with Crippen molar-refractivity contribution in [1.82, 2.24) is 40.4 Å². The van der Waals surface area contributed by atoms with Crippen molar-refractivity contribution in [1.29, 1.82) is 0 Å². The third-order valence-corrected chi connectivity index (χ3v) is 32.2. The number of hydrogen-bond acceptors (Lipinski definition) is 12. The number of carbonyl (C=O) groups excluding carboxylic acids is 3. The molecular weight excluding hydrogens is 1320 g/mol. The van der Waals surface area contributed by atoms with Gasteiger partial charge >= 0.3 is 0 Å². The van der Waals surface area contributed by atoms with E-state index in [4.69, 9.17) is 6.42 Å². The number of hydrogen-bond donors (Lipinski definition) is 3. The van der Waals surface area contributed by atoms with Crippen LogP contribution in [0.1, 0.15) is 288 Å². The zero-order chi connectivity index (χ0) is 71.1. The van der Waals surface area contributed by atoms with Crippen molar-refractivity contribution in [3.05, 3.63) is 11.6 Å². The molecule has 0 amide bonds. The van der Waals surface area contributed by atoms with Gasteiger partial charge in [-0.25, -0.2) is 4.68 Å². The molecule has 0 aromatic carbocycles. The van der Waals surface area contributed by atoms with Crippen LogP contribution in [0.3, 0.4) is 0 Å². The van der Waals surface area contributed by atoms with Crippen LogP contribution < -0.4 is 0 Å². The van der Waals surface area contributed by atoms with Gasteiger partial charge in [0.1, 0.15) is 24.7 Å². The average molecular weight is 1450 g/mol. The minimum Gasteiger partial charge on any atom is -0.390 e. The van der Waals surface area contributed by atoms with Crippen LogP contribution in [-0.4, -0.2) is 95.2 Å². The maximum Gasteiger partial charge on any atom is 0.171 e. The van der Waals surface area contributed by atoms with Gasteiger partial charge in [0.25, 0.3) is 0 Å². The summed E-state index contributed by atoms with van der Waals surface area (Å²) in [6.45, 7) is 26.6. The summed E-state index contributed by atoms with van der Waals surface area (Å²) >= 11 is 3.44. The Labute approximate surface area is 618 Å². The zero-order valence-corrected chi connectivity index (χ0v) is 64.2. The van der Waals surface area contributed by atoms with Crippen molar-refractivity contribution in [2.45, 2.75) is 320 Å². The molecule has 0 radical (unpaired) electrons. The Balaban J connectivity index is 0.000000163. The van der Waals surface area contributed by atoms with Crippen LogP contribution in [0.5, 0.6) is 0 Å². The number of Topliss-reactive ketones (excluding diaryl/α,β-unsaturated/α-hetero) is 3. The van der Waals surface area contributed by atoms with Crippen molar-refractivity contribution in [3.8, 4) is 59.7 Å². The van der Waals surface area contributed by atoms with Gasteiger partial charge in [0.15, 0.2) is 17.4 Å². The second-order valence-electron chi connectivity index (χ2n) is 35.9. The number of nitrogens with zero attached hydrogens (tertiary/aromatic N) is 8. The SMILES string of the molecule is C.C.C#CC#CC#CC#CC#CC.CC[C@]12CC[C@@](C)(O)C[C@H]1CC[C@H]1[C@@H]3CC[C@H](C(=O)CBr)[C@@]3(C)CC[C@@H]12.CC[C@]12CC[C@@](C)(O)C[C@H]1CC[C@H]1[C@@H]3CC[C@H](C(=O)Cn4nnc(C)n4)[C@@]3(C)CC[C@@H]12.CC[C@]12CC[C@@](C)(O)C[C@H]1CC[C@H]1[C@@H]3CC[C@H](C(=O)Cn4nnnc4C)[C@@]3(C)CC[C@@H]12. The van der Waals surface area contributed by atoms with Crippen LogP contribution in [0.2, 0.25) is 0 Å². The highest BCUT2D eigenvalue weighted by Crippen LogP contribution is 2.73. The number of ketones is 3. The average Bonchev–Trinajstić information content (AvgIpc) is 1.71. The molecule has 24 atom stereocenters. The van der Waals surface area contributed by atoms with E-state index in [2.05, 4.69) is 162 Å². The first-order valence-corrected chi connectivity index (χ1v) is 40.4. The molecule has 0 unspecified atom stereocenters. The van der Waals surface area contributed by atoms with Crippen molar-refractivity contribution in [3.63, 3.8) is 0 Å². The van der Waals surface area contributed by atoms with Crippen molar-refractivity contribution < 1.29 is 29.7 Å². The molecule has 12 aliphatic rings. The van der Waals surface area contributed by atoms with E-state index in [1.165, 1.54) is 140 Å². The Morgan fingerprint density at radius 1 is 0.475 bits per heavy atom. The molecule has 2 aromatic heterocycles. The van der Waals surface area contributed by atoms with Crippen LogP contribution in [-0.2, 0) is 27.5 Å². The largest absolute Gasteiger partial charge is 0.390 e. The Bertz CT molecular complexity index is 3580. The smallest absolute Gasteiger partial charge is 0.171 e. The molecule has 0 spiro atoms. The van der Waals surface area contributed by atoms with E-state index < -0.39 is 16.8 Å². The standard InChI is InChI=1S/2C25H40N4O2.C23H37BrO2.C11H4.2CH4/c1-5-25-13-12-23(3,31)14-17(25)6-7-18-19-8-9-21(24(19,4)11-10-20(18)25)22(30)15-29-16(2)26-27-28-29;1-5-25-13-12-23(3,31)14-17(25)6-7-18-19-8-9-21(24(19,4)11-10-20(18)25)22(30)15-29-27-16(2)26-28-29;1-4-23-12-11-21(2,26)13-15(23)5-6-16-17-7-8-19(20(25)14-24)22(17,3)10-9-18(16)23;1-3-5-7-9-11-10-8-6-4-2;;/h2*17-21,31H,5-15H2,1-4H3;15-19,26H,4-14H2,1-3H3;1H,2H3;2*1H4/t2*17-,18+,19+,20+,21-,23-,24+,25+;15-,16+,17+,18+,19-,21-,22+,23+;;;/m111.../s1. The minimum atomic E-state index is -0.474. The highest BCUT2D eigenvalue weighted by atomic mass is 79.9. The normalized spacial score (nSPS) is 42.9. The van der Waals surface area contributed by atoms with Crippen molar-refractivity contribution in [2.75, 3.05) is 5.33 Å². The lowest BCUT2D eigenvalue weighted by Gasteiger charge is -2.63. The molecule has 14 nitrogen and oxygen atoms in total. The maximum absolute atomic E-state index is 13.4. The predicted molar refractivity (Wildman–Crippen MR) is 404 cm³/mol. The van der Waals surface area contributed by atoms with Gasteiger partial charge in [-0.15, -0.1) is 21.7 Å². The summed E-state index contributed by atoms with van der Waals surface area (Å²) in [5, 5.41) is 56.6. The van der Waals surface area contributed by atoms with Crippen LogP contribution in [0.15, 0.2) is 0 Å². The van der Waals surface area contributed by atoms with Crippen molar-refractivity contribution in [2.24, 2.45) is 121 Å². The molecule has 0 bridgehead atoms. The van der Waals surface area contributed by atoms with Crippen LogP contribution in [0, 0.1) is 195 Å². The summed E-state index contributed by atoms with van der Waals surface area (Å²) < 4.78 is 1.66. The van der Waals surface area contributed by atoms with Crippen molar-refractivity contribution >= 4 is 33.3 Å². The van der Waals surface area contributed by atoms with Crippen LogP contribution >= 0.6 is 15.9 Å². The van der Waals surface area contributed by atoms with E-state index in [0.717, 1.165) is 99.2 Å². The van der Waals surface area contributed by atoms with Gasteiger partial charge in [0.2, 0.25) is 0 Å². The lowest BCUT2D eigenvalue weighted by atomic mass is 9.42. The van der Waals surface area contributed by atoms with Gasteiger partial charge in [0.05, 0.1) is 22.1 Å². The van der Waals surface area contributed by atoms with Gasteiger partial charge < -0.3 is 15.3 Å². The van der Waals surface area contributed by atoms with Crippen LogP contribution in [0.25, 0.3) is 0 Å². The van der Waals surface area contributed by atoms with E-state index in [1.54, 1.807) is 11.6 Å². The second-order valence-corrected chi connectivity index (χ2v) is 36.5. The first kappa shape index (κ1) is 80.4. The quantitative estimate of drug-likeness (QED) is 0.142. The maximum atomic E-state index is 13.4.